The number of anilines is 1. The van der Waals surface area contributed by atoms with Gasteiger partial charge in [-0.05, 0) is 56.5 Å². The van der Waals surface area contributed by atoms with E-state index >= 15 is 0 Å². The van der Waals surface area contributed by atoms with E-state index in [-0.39, 0.29) is 0 Å². The Morgan fingerprint density at radius 2 is 1.37 bits per heavy atom. The molecule has 1 heterocycles. The summed E-state index contributed by atoms with van der Waals surface area (Å²) >= 11 is 0. The molecule has 1 aromatic carbocycles. The molecule has 19 heavy (non-hydrogen) atoms. The van der Waals surface area contributed by atoms with Crippen molar-refractivity contribution in [2.75, 3.05) is 18.8 Å². The van der Waals surface area contributed by atoms with Crippen molar-refractivity contribution in [3.63, 3.8) is 0 Å². The van der Waals surface area contributed by atoms with Gasteiger partial charge in [0.1, 0.15) is 0 Å². The van der Waals surface area contributed by atoms with Crippen LogP contribution >= 0.6 is 0 Å². The minimum absolute atomic E-state index is 0.312. The minimum Gasteiger partial charge on any atom is -0.399 e. The van der Waals surface area contributed by atoms with Crippen LogP contribution in [0.1, 0.15) is 56.9 Å². The third-order valence-corrected chi connectivity index (χ3v) is 5.09. The minimum atomic E-state index is 0.312. The predicted octanol–water partition coefficient (Wildman–Crippen LogP) is 3.91. The highest BCUT2D eigenvalue weighted by Crippen LogP contribution is 2.43. The predicted molar refractivity (Wildman–Crippen MR) is 81.0 cm³/mol. The Kier molecular flexibility index (Phi) is 3.79. The zero-order chi connectivity index (χ0) is 13.1. The van der Waals surface area contributed by atoms with Crippen molar-refractivity contribution < 1.29 is 0 Å². The Morgan fingerprint density at radius 3 is 2.00 bits per heavy atom. The molecule has 0 spiro atoms. The van der Waals surface area contributed by atoms with Crippen LogP contribution in [0.4, 0.5) is 5.69 Å². The molecule has 1 saturated heterocycles. The summed E-state index contributed by atoms with van der Waals surface area (Å²) in [6.45, 7) is 2.56. The van der Waals surface area contributed by atoms with Crippen molar-refractivity contribution >= 4 is 5.69 Å². The molecule has 0 radical (unpaired) electrons. The molecule has 1 saturated carbocycles. The molecule has 0 atom stereocenters. The Labute approximate surface area is 117 Å². The van der Waals surface area contributed by atoms with Crippen molar-refractivity contribution in [1.82, 2.24) is 4.90 Å². The average Bonchev–Trinajstić information content (AvgIpc) is 2.49. The van der Waals surface area contributed by atoms with Gasteiger partial charge in [0, 0.05) is 11.2 Å². The van der Waals surface area contributed by atoms with Crippen molar-refractivity contribution in [2.45, 2.75) is 56.9 Å². The van der Waals surface area contributed by atoms with E-state index in [0.717, 1.165) is 5.69 Å². The Hall–Kier alpha value is -1.02. The Bertz CT molecular complexity index is 398. The number of nitrogens with zero attached hydrogens (tertiary/aromatic N) is 1. The van der Waals surface area contributed by atoms with Gasteiger partial charge in [0.15, 0.2) is 0 Å². The van der Waals surface area contributed by atoms with Crippen LogP contribution < -0.4 is 5.73 Å². The summed E-state index contributed by atoms with van der Waals surface area (Å²) in [6.07, 6.45) is 11.0. The number of rotatable bonds is 2. The third kappa shape index (κ3) is 2.51. The monoisotopic (exact) mass is 258 g/mol. The second kappa shape index (κ2) is 5.54. The van der Waals surface area contributed by atoms with Gasteiger partial charge in [-0.25, -0.2) is 0 Å². The normalized spacial score (nSPS) is 24.2. The van der Waals surface area contributed by atoms with E-state index in [0.29, 0.717) is 5.54 Å². The van der Waals surface area contributed by atoms with Gasteiger partial charge in [-0.2, -0.15) is 0 Å². The Balaban J connectivity index is 1.93. The van der Waals surface area contributed by atoms with Gasteiger partial charge in [0.05, 0.1) is 0 Å². The van der Waals surface area contributed by atoms with E-state index in [4.69, 9.17) is 5.73 Å². The van der Waals surface area contributed by atoms with Crippen LogP contribution in [0.15, 0.2) is 24.3 Å². The lowest BCUT2D eigenvalue weighted by molar-refractivity contribution is 0.0303. The van der Waals surface area contributed by atoms with Crippen molar-refractivity contribution in [3.8, 4) is 0 Å². The number of benzene rings is 1. The molecule has 104 valence electrons. The zero-order valence-electron chi connectivity index (χ0n) is 11.9. The maximum absolute atomic E-state index is 5.86. The molecule has 2 N–H and O–H groups in total. The topological polar surface area (TPSA) is 29.3 Å². The standard InChI is InChI=1S/C17H26N2/c18-16-9-7-15(8-10-16)17(11-3-1-4-12-17)19-13-5-2-6-14-19/h7-10H,1-6,11-14,18H2. The molecular formula is C17H26N2. The summed E-state index contributed by atoms with van der Waals surface area (Å²) in [5, 5.41) is 0. The summed E-state index contributed by atoms with van der Waals surface area (Å²) in [5.74, 6) is 0. The summed E-state index contributed by atoms with van der Waals surface area (Å²) in [6, 6.07) is 8.70. The smallest absolute Gasteiger partial charge is 0.0460 e. The van der Waals surface area contributed by atoms with Crippen LogP contribution in [0.3, 0.4) is 0 Å². The highest BCUT2D eigenvalue weighted by molar-refractivity contribution is 5.41. The largest absolute Gasteiger partial charge is 0.399 e. The van der Waals surface area contributed by atoms with Crippen LogP contribution in [-0.4, -0.2) is 18.0 Å². The van der Waals surface area contributed by atoms with Crippen LogP contribution in [0.25, 0.3) is 0 Å². The lowest BCUT2D eigenvalue weighted by Gasteiger charge is -2.48. The molecular weight excluding hydrogens is 232 g/mol. The molecule has 3 rings (SSSR count). The van der Waals surface area contributed by atoms with E-state index in [1.807, 2.05) is 0 Å². The first-order valence-corrected chi connectivity index (χ1v) is 7.92. The second-order valence-electron chi connectivity index (χ2n) is 6.26. The lowest BCUT2D eigenvalue weighted by atomic mass is 9.74. The van der Waals surface area contributed by atoms with Gasteiger partial charge < -0.3 is 5.73 Å². The highest BCUT2D eigenvalue weighted by atomic mass is 15.2. The van der Waals surface area contributed by atoms with Gasteiger partial charge in [-0.3, -0.25) is 4.90 Å². The van der Waals surface area contributed by atoms with Crippen LogP contribution in [0.2, 0.25) is 0 Å². The number of hydrogen-bond donors (Lipinski definition) is 1. The fraction of sp³-hybridized carbons (Fsp3) is 0.647. The van der Waals surface area contributed by atoms with Crippen LogP contribution in [0, 0.1) is 0 Å². The van der Waals surface area contributed by atoms with Gasteiger partial charge >= 0.3 is 0 Å². The molecule has 2 aliphatic rings. The first-order chi connectivity index (χ1) is 9.31. The van der Waals surface area contributed by atoms with Crippen molar-refractivity contribution in [3.05, 3.63) is 29.8 Å². The first kappa shape index (κ1) is 13.0. The van der Waals surface area contributed by atoms with E-state index in [2.05, 4.69) is 29.2 Å². The Morgan fingerprint density at radius 1 is 0.789 bits per heavy atom. The number of nitrogen functional groups attached to an aromatic ring is 1. The van der Waals surface area contributed by atoms with Gasteiger partial charge in [-0.15, -0.1) is 0 Å². The molecule has 2 fully saturated rings. The number of hydrogen-bond acceptors (Lipinski definition) is 2. The number of likely N-dealkylation sites (tertiary alicyclic amines) is 1. The number of piperidine rings is 1. The van der Waals surface area contributed by atoms with Gasteiger partial charge in [0.2, 0.25) is 0 Å². The fourth-order valence-electron chi connectivity index (χ4n) is 4.04. The maximum atomic E-state index is 5.86. The lowest BCUT2D eigenvalue weighted by Crippen LogP contribution is -2.49. The highest BCUT2D eigenvalue weighted by Gasteiger charge is 2.39. The SMILES string of the molecule is Nc1ccc(C2(N3CCCCC3)CCCCC2)cc1. The van der Waals surface area contributed by atoms with Crippen molar-refractivity contribution in [1.29, 1.82) is 0 Å². The third-order valence-electron chi connectivity index (χ3n) is 5.09. The van der Waals surface area contributed by atoms with E-state index < -0.39 is 0 Å². The molecule has 0 amide bonds. The molecule has 0 bridgehead atoms. The quantitative estimate of drug-likeness (QED) is 0.815. The van der Waals surface area contributed by atoms with Crippen LogP contribution in [0.5, 0.6) is 0 Å². The van der Waals surface area contributed by atoms with E-state index in [1.165, 1.54) is 70.0 Å². The molecule has 2 heteroatoms. The zero-order valence-corrected chi connectivity index (χ0v) is 11.9. The van der Waals surface area contributed by atoms with E-state index in [9.17, 15) is 0 Å². The molecule has 2 nitrogen and oxygen atoms in total. The molecule has 0 unspecified atom stereocenters. The van der Waals surface area contributed by atoms with E-state index in [1.54, 1.807) is 0 Å². The molecule has 1 aliphatic carbocycles. The van der Waals surface area contributed by atoms with Crippen molar-refractivity contribution in [2.24, 2.45) is 0 Å². The molecule has 0 aromatic heterocycles. The van der Waals surface area contributed by atoms with Gasteiger partial charge in [0.25, 0.3) is 0 Å². The maximum Gasteiger partial charge on any atom is 0.0460 e. The summed E-state index contributed by atoms with van der Waals surface area (Å²) in [4.78, 5) is 2.78. The summed E-state index contributed by atoms with van der Waals surface area (Å²) in [5.41, 5.74) is 8.56. The molecule has 1 aliphatic heterocycles. The first-order valence-electron chi connectivity index (χ1n) is 7.92. The summed E-state index contributed by atoms with van der Waals surface area (Å²) in [7, 11) is 0. The van der Waals surface area contributed by atoms with Gasteiger partial charge in [-0.1, -0.05) is 37.8 Å². The molecule has 1 aromatic rings. The number of nitrogens with two attached hydrogens (primary N) is 1. The van der Waals surface area contributed by atoms with Crippen LogP contribution in [-0.2, 0) is 5.54 Å². The summed E-state index contributed by atoms with van der Waals surface area (Å²) < 4.78 is 0. The fourth-order valence-corrected chi connectivity index (χ4v) is 4.04. The average molecular weight is 258 g/mol. The second-order valence-corrected chi connectivity index (χ2v) is 6.26.